The van der Waals surface area contributed by atoms with Crippen molar-refractivity contribution in [2.75, 3.05) is 6.54 Å². The highest BCUT2D eigenvalue weighted by Crippen LogP contribution is 2.35. The van der Waals surface area contributed by atoms with Gasteiger partial charge in [0.2, 0.25) is 0 Å². The van der Waals surface area contributed by atoms with E-state index < -0.39 is 0 Å². The molecule has 17 heavy (non-hydrogen) atoms. The third-order valence-corrected chi connectivity index (χ3v) is 4.22. The Hall–Kier alpha value is -0.340. The predicted molar refractivity (Wildman–Crippen MR) is 77.3 cm³/mol. The highest BCUT2D eigenvalue weighted by atomic mass is 79.9. The fourth-order valence-electron chi connectivity index (χ4n) is 2.44. The monoisotopic (exact) mass is 295 g/mol. The van der Waals surface area contributed by atoms with Crippen LogP contribution in [0.3, 0.4) is 0 Å². The highest BCUT2D eigenvalue weighted by Gasteiger charge is 2.23. The molecule has 0 spiro atoms. The molecule has 0 bridgehead atoms. The zero-order chi connectivity index (χ0) is 12.5. The smallest absolute Gasteiger partial charge is 0.0326 e. The van der Waals surface area contributed by atoms with Crippen LogP contribution in [-0.2, 0) is 6.42 Å². The number of benzene rings is 1. The Morgan fingerprint density at radius 3 is 2.82 bits per heavy atom. The summed E-state index contributed by atoms with van der Waals surface area (Å²) in [6.45, 7) is 8.01. The molecule has 1 aliphatic rings. The van der Waals surface area contributed by atoms with Crippen molar-refractivity contribution in [2.24, 2.45) is 5.41 Å². The summed E-state index contributed by atoms with van der Waals surface area (Å²) in [7, 11) is 0. The third kappa shape index (κ3) is 3.32. The summed E-state index contributed by atoms with van der Waals surface area (Å²) in [6.07, 6.45) is 3.67. The lowest BCUT2D eigenvalue weighted by atomic mass is 9.92. The summed E-state index contributed by atoms with van der Waals surface area (Å²) in [4.78, 5) is 0. The van der Waals surface area contributed by atoms with Gasteiger partial charge in [-0.25, -0.2) is 0 Å². The van der Waals surface area contributed by atoms with Crippen molar-refractivity contribution >= 4 is 15.9 Å². The maximum absolute atomic E-state index is 3.70. The third-order valence-electron chi connectivity index (χ3n) is 3.48. The van der Waals surface area contributed by atoms with Crippen molar-refractivity contribution in [1.82, 2.24) is 5.32 Å². The molecule has 0 saturated heterocycles. The first-order valence-electron chi connectivity index (χ1n) is 6.48. The standard InChI is InChI=1S/C15H22BrN/c1-15(2,3)9-10-17-14-8-7-11-12(14)5-4-6-13(11)16/h4-6,14,17H,7-10H2,1-3H3. The minimum Gasteiger partial charge on any atom is -0.310 e. The number of halogens is 1. The summed E-state index contributed by atoms with van der Waals surface area (Å²) < 4.78 is 1.27. The molecule has 1 N–H and O–H groups in total. The fourth-order valence-corrected chi connectivity index (χ4v) is 3.02. The van der Waals surface area contributed by atoms with Gasteiger partial charge in [0.15, 0.2) is 0 Å². The second-order valence-electron chi connectivity index (χ2n) is 6.16. The Balaban J connectivity index is 1.96. The van der Waals surface area contributed by atoms with Crippen molar-refractivity contribution in [3.8, 4) is 0 Å². The van der Waals surface area contributed by atoms with E-state index in [4.69, 9.17) is 0 Å². The topological polar surface area (TPSA) is 12.0 Å². The first-order valence-corrected chi connectivity index (χ1v) is 7.27. The van der Waals surface area contributed by atoms with Gasteiger partial charge in [-0.1, -0.05) is 48.8 Å². The summed E-state index contributed by atoms with van der Waals surface area (Å²) in [6, 6.07) is 7.12. The molecule has 0 amide bonds. The average molecular weight is 296 g/mol. The van der Waals surface area contributed by atoms with E-state index in [1.54, 1.807) is 0 Å². The van der Waals surface area contributed by atoms with Crippen molar-refractivity contribution < 1.29 is 0 Å². The van der Waals surface area contributed by atoms with Crippen molar-refractivity contribution in [2.45, 2.75) is 46.1 Å². The van der Waals surface area contributed by atoms with Crippen LogP contribution in [0.1, 0.15) is 50.8 Å². The van der Waals surface area contributed by atoms with Crippen molar-refractivity contribution in [1.29, 1.82) is 0 Å². The molecule has 1 aromatic rings. The number of nitrogens with one attached hydrogen (secondary N) is 1. The Morgan fingerprint density at radius 2 is 2.12 bits per heavy atom. The summed E-state index contributed by atoms with van der Waals surface area (Å²) >= 11 is 3.65. The molecule has 0 radical (unpaired) electrons. The van der Waals surface area contributed by atoms with Gasteiger partial charge in [-0.3, -0.25) is 0 Å². The lowest BCUT2D eigenvalue weighted by Crippen LogP contribution is -2.24. The molecule has 1 aliphatic carbocycles. The second-order valence-corrected chi connectivity index (χ2v) is 7.02. The summed E-state index contributed by atoms with van der Waals surface area (Å²) in [5.74, 6) is 0. The molecule has 0 aliphatic heterocycles. The molecule has 1 atom stereocenters. The molecule has 2 rings (SSSR count). The highest BCUT2D eigenvalue weighted by molar-refractivity contribution is 9.10. The van der Waals surface area contributed by atoms with Crippen molar-refractivity contribution in [3.05, 3.63) is 33.8 Å². The van der Waals surface area contributed by atoms with Crippen LogP contribution in [0.4, 0.5) is 0 Å². The zero-order valence-electron chi connectivity index (χ0n) is 11.0. The Labute approximate surface area is 113 Å². The van der Waals surface area contributed by atoms with E-state index in [0.29, 0.717) is 11.5 Å². The fraction of sp³-hybridized carbons (Fsp3) is 0.600. The zero-order valence-corrected chi connectivity index (χ0v) is 12.6. The van der Waals surface area contributed by atoms with E-state index in [-0.39, 0.29) is 0 Å². The normalized spacial score (nSPS) is 19.4. The number of hydrogen-bond acceptors (Lipinski definition) is 1. The maximum Gasteiger partial charge on any atom is 0.0326 e. The largest absolute Gasteiger partial charge is 0.310 e. The number of fused-ring (bicyclic) bond motifs is 1. The van der Waals surface area contributed by atoms with E-state index in [0.717, 1.165) is 6.54 Å². The first kappa shape index (κ1) is 13.1. The molecule has 1 aromatic carbocycles. The summed E-state index contributed by atoms with van der Waals surface area (Å²) in [5.41, 5.74) is 3.42. The molecular formula is C15H22BrN. The molecule has 0 saturated carbocycles. The van der Waals surface area contributed by atoms with Gasteiger partial charge in [-0.2, -0.15) is 0 Å². The van der Waals surface area contributed by atoms with Gasteiger partial charge < -0.3 is 5.32 Å². The average Bonchev–Trinajstić information content (AvgIpc) is 2.61. The van der Waals surface area contributed by atoms with Crippen LogP contribution in [0.25, 0.3) is 0 Å². The van der Waals surface area contributed by atoms with E-state index in [1.165, 1.54) is 34.9 Å². The van der Waals surface area contributed by atoms with Gasteiger partial charge in [0.05, 0.1) is 0 Å². The van der Waals surface area contributed by atoms with E-state index in [2.05, 4.69) is 60.2 Å². The van der Waals surface area contributed by atoms with E-state index >= 15 is 0 Å². The first-order chi connectivity index (χ1) is 7.97. The van der Waals surface area contributed by atoms with Gasteiger partial charge in [-0.05, 0) is 48.4 Å². The molecule has 0 aromatic heterocycles. The minimum absolute atomic E-state index is 0.422. The molecule has 1 nitrogen and oxygen atoms in total. The lowest BCUT2D eigenvalue weighted by molar-refractivity contribution is 0.354. The molecule has 0 heterocycles. The Kier molecular flexibility index (Phi) is 3.94. The van der Waals surface area contributed by atoms with Crippen LogP contribution >= 0.6 is 15.9 Å². The van der Waals surface area contributed by atoms with Gasteiger partial charge in [-0.15, -0.1) is 0 Å². The van der Waals surface area contributed by atoms with Crippen LogP contribution in [0.5, 0.6) is 0 Å². The second kappa shape index (κ2) is 5.11. The maximum atomic E-state index is 3.70. The molecule has 1 unspecified atom stereocenters. The summed E-state index contributed by atoms with van der Waals surface area (Å²) in [5, 5.41) is 3.70. The van der Waals surface area contributed by atoms with Crippen LogP contribution < -0.4 is 5.32 Å². The Morgan fingerprint density at radius 1 is 1.35 bits per heavy atom. The minimum atomic E-state index is 0.422. The molecular weight excluding hydrogens is 274 g/mol. The van der Waals surface area contributed by atoms with Crippen molar-refractivity contribution in [3.63, 3.8) is 0 Å². The van der Waals surface area contributed by atoms with E-state index in [9.17, 15) is 0 Å². The molecule has 2 heteroatoms. The molecule has 94 valence electrons. The van der Waals surface area contributed by atoms with Gasteiger partial charge in [0, 0.05) is 10.5 Å². The SMILES string of the molecule is CC(C)(C)CCNC1CCc2c(Br)cccc21. The van der Waals surface area contributed by atoms with Gasteiger partial charge in [0.25, 0.3) is 0 Å². The van der Waals surface area contributed by atoms with Gasteiger partial charge >= 0.3 is 0 Å². The van der Waals surface area contributed by atoms with Crippen LogP contribution in [0, 0.1) is 5.41 Å². The molecule has 0 fully saturated rings. The number of hydrogen-bond donors (Lipinski definition) is 1. The van der Waals surface area contributed by atoms with Crippen LogP contribution in [-0.4, -0.2) is 6.54 Å². The van der Waals surface area contributed by atoms with E-state index in [1.807, 2.05) is 0 Å². The number of rotatable bonds is 3. The van der Waals surface area contributed by atoms with Crippen LogP contribution in [0.2, 0.25) is 0 Å². The van der Waals surface area contributed by atoms with Crippen LogP contribution in [0.15, 0.2) is 22.7 Å². The Bertz CT molecular complexity index is 392. The van der Waals surface area contributed by atoms with Gasteiger partial charge in [0.1, 0.15) is 0 Å². The predicted octanol–water partition coefficient (Wildman–Crippen LogP) is 4.46. The lowest BCUT2D eigenvalue weighted by Gasteiger charge is -2.21. The quantitative estimate of drug-likeness (QED) is 0.868.